The Labute approximate surface area is 112 Å². The van der Waals surface area contributed by atoms with Gasteiger partial charge in [0.25, 0.3) is 0 Å². The standard InChI is InChI=1S/C14H18N2OS/c1-11-13(10-17-2)16-14(18-11)15-9-8-12-6-4-3-5-7-12/h3-7H,8-10H2,1-2H3,(H,15,16). The molecule has 1 heterocycles. The molecule has 0 saturated heterocycles. The van der Waals surface area contributed by atoms with E-state index in [1.807, 2.05) is 6.07 Å². The van der Waals surface area contributed by atoms with Crippen molar-refractivity contribution in [2.75, 3.05) is 19.0 Å². The van der Waals surface area contributed by atoms with Crippen LogP contribution in [0.2, 0.25) is 0 Å². The monoisotopic (exact) mass is 262 g/mol. The summed E-state index contributed by atoms with van der Waals surface area (Å²) < 4.78 is 5.11. The number of ether oxygens (including phenoxy) is 1. The van der Waals surface area contributed by atoms with E-state index in [0.717, 1.165) is 23.8 Å². The highest BCUT2D eigenvalue weighted by molar-refractivity contribution is 7.15. The maximum Gasteiger partial charge on any atom is 0.183 e. The van der Waals surface area contributed by atoms with Crippen LogP contribution in [-0.4, -0.2) is 18.6 Å². The molecular weight excluding hydrogens is 244 g/mol. The smallest absolute Gasteiger partial charge is 0.183 e. The van der Waals surface area contributed by atoms with Crippen molar-refractivity contribution in [1.82, 2.24) is 4.98 Å². The van der Waals surface area contributed by atoms with Crippen molar-refractivity contribution in [2.45, 2.75) is 20.0 Å². The van der Waals surface area contributed by atoms with Gasteiger partial charge in [-0.05, 0) is 18.9 Å². The average Bonchev–Trinajstić information content (AvgIpc) is 2.72. The summed E-state index contributed by atoms with van der Waals surface area (Å²) in [7, 11) is 1.70. The van der Waals surface area contributed by atoms with Crippen molar-refractivity contribution < 1.29 is 4.74 Å². The Morgan fingerprint density at radius 3 is 2.78 bits per heavy atom. The van der Waals surface area contributed by atoms with Gasteiger partial charge in [0.2, 0.25) is 0 Å². The van der Waals surface area contributed by atoms with Gasteiger partial charge in [0.15, 0.2) is 5.13 Å². The van der Waals surface area contributed by atoms with Crippen LogP contribution in [0.25, 0.3) is 0 Å². The van der Waals surface area contributed by atoms with E-state index in [-0.39, 0.29) is 0 Å². The van der Waals surface area contributed by atoms with Gasteiger partial charge in [-0.1, -0.05) is 30.3 Å². The summed E-state index contributed by atoms with van der Waals surface area (Å²) in [6.07, 6.45) is 1.01. The highest BCUT2D eigenvalue weighted by atomic mass is 32.1. The van der Waals surface area contributed by atoms with Gasteiger partial charge in [-0.25, -0.2) is 4.98 Å². The van der Waals surface area contributed by atoms with Crippen LogP contribution < -0.4 is 5.32 Å². The Balaban J connectivity index is 1.85. The number of nitrogens with one attached hydrogen (secondary N) is 1. The molecule has 3 nitrogen and oxygen atoms in total. The van der Waals surface area contributed by atoms with Crippen molar-refractivity contribution >= 4 is 16.5 Å². The second kappa shape index (κ2) is 6.52. The largest absolute Gasteiger partial charge is 0.378 e. The number of rotatable bonds is 6. The fraction of sp³-hybridized carbons (Fsp3) is 0.357. The lowest BCUT2D eigenvalue weighted by atomic mass is 10.2. The molecule has 0 bridgehead atoms. The topological polar surface area (TPSA) is 34.1 Å². The van der Waals surface area contributed by atoms with E-state index in [0.29, 0.717) is 6.61 Å². The van der Waals surface area contributed by atoms with Crippen molar-refractivity contribution in [1.29, 1.82) is 0 Å². The molecule has 96 valence electrons. The first-order valence-electron chi connectivity index (χ1n) is 6.02. The molecule has 0 aliphatic rings. The third-order valence-corrected chi connectivity index (χ3v) is 3.68. The fourth-order valence-electron chi connectivity index (χ4n) is 1.73. The maximum atomic E-state index is 5.11. The molecule has 0 atom stereocenters. The van der Waals surface area contributed by atoms with E-state index in [4.69, 9.17) is 4.74 Å². The van der Waals surface area contributed by atoms with Crippen LogP contribution in [-0.2, 0) is 17.8 Å². The SMILES string of the molecule is COCc1nc(NCCc2ccccc2)sc1C. The highest BCUT2D eigenvalue weighted by Crippen LogP contribution is 2.22. The lowest BCUT2D eigenvalue weighted by molar-refractivity contribution is 0.181. The van der Waals surface area contributed by atoms with E-state index >= 15 is 0 Å². The van der Waals surface area contributed by atoms with E-state index in [1.54, 1.807) is 18.4 Å². The summed E-state index contributed by atoms with van der Waals surface area (Å²) in [6, 6.07) is 10.5. The second-order valence-corrected chi connectivity index (χ2v) is 5.32. The molecule has 2 aromatic rings. The first-order valence-corrected chi connectivity index (χ1v) is 6.84. The molecule has 1 N–H and O–H groups in total. The maximum absolute atomic E-state index is 5.11. The van der Waals surface area contributed by atoms with Gasteiger partial charge in [-0.3, -0.25) is 0 Å². The molecule has 0 amide bonds. The summed E-state index contributed by atoms with van der Waals surface area (Å²) in [5.41, 5.74) is 2.38. The van der Waals surface area contributed by atoms with Gasteiger partial charge in [0, 0.05) is 18.5 Å². The van der Waals surface area contributed by atoms with Crippen LogP contribution in [0, 0.1) is 6.92 Å². The summed E-state index contributed by atoms with van der Waals surface area (Å²) >= 11 is 1.69. The average molecular weight is 262 g/mol. The third-order valence-electron chi connectivity index (χ3n) is 2.71. The van der Waals surface area contributed by atoms with Crippen molar-refractivity contribution in [2.24, 2.45) is 0 Å². The van der Waals surface area contributed by atoms with Gasteiger partial charge < -0.3 is 10.1 Å². The summed E-state index contributed by atoms with van der Waals surface area (Å²) in [5.74, 6) is 0. The summed E-state index contributed by atoms with van der Waals surface area (Å²) in [4.78, 5) is 5.73. The van der Waals surface area contributed by atoms with E-state index in [9.17, 15) is 0 Å². The molecule has 0 aliphatic heterocycles. The number of hydrogen-bond donors (Lipinski definition) is 1. The number of hydrogen-bond acceptors (Lipinski definition) is 4. The normalized spacial score (nSPS) is 10.6. The Hall–Kier alpha value is -1.39. The first-order chi connectivity index (χ1) is 8.79. The molecule has 1 aromatic heterocycles. The van der Waals surface area contributed by atoms with Gasteiger partial charge in [-0.2, -0.15) is 0 Å². The highest BCUT2D eigenvalue weighted by Gasteiger charge is 2.06. The molecule has 0 saturated carbocycles. The van der Waals surface area contributed by atoms with E-state index < -0.39 is 0 Å². The zero-order valence-electron chi connectivity index (χ0n) is 10.8. The molecule has 1 aromatic carbocycles. The molecule has 0 aliphatic carbocycles. The predicted octanol–water partition coefficient (Wildman–Crippen LogP) is 3.25. The Bertz CT molecular complexity index is 482. The van der Waals surface area contributed by atoms with Crippen LogP contribution >= 0.6 is 11.3 Å². The zero-order chi connectivity index (χ0) is 12.8. The molecule has 0 spiro atoms. The second-order valence-electron chi connectivity index (χ2n) is 4.12. The van der Waals surface area contributed by atoms with Gasteiger partial charge >= 0.3 is 0 Å². The van der Waals surface area contributed by atoms with Gasteiger partial charge in [-0.15, -0.1) is 11.3 Å². The molecule has 4 heteroatoms. The molecule has 2 rings (SSSR count). The van der Waals surface area contributed by atoms with Crippen LogP contribution in [0.5, 0.6) is 0 Å². The fourth-order valence-corrected chi connectivity index (χ4v) is 2.58. The minimum atomic E-state index is 0.586. The van der Waals surface area contributed by atoms with E-state index in [2.05, 4.69) is 41.5 Å². The minimum absolute atomic E-state index is 0.586. The van der Waals surface area contributed by atoms with Crippen LogP contribution in [0.1, 0.15) is 16.1 Å². The third kappa shape index (κ3) is 3.55. The lowest BCUT2D eigenvalue weighted by Crippen LogP contribution is -2.04. The lowest BCUT2D eigenvalue weighted by Gasteiger charge is -2.02. The van der Waals surface area contributed by atoms with Crippen LogP contribution in [0.15, 0.2) is 30.3 Å². The Morgan fingerprint density at radius 2 is 2.06 bits per heavy atom. The number of anilines is 1. The number of aryl methyl sites for hydroxylation is 1. The number of benzene rings is 1. The number of aromatic nitrogens is 1. The molecule has 0 radical (unpaired) electrons. The number of nitrogens with zero attached hydrogens (tertiary/aromatic N) is 1. The Morgan fingerprint density at radius 1 is 1.28 bits per heavy atom. The number of methoxy groups -OCH3 is 1. The van der Waals surface area contributed by atoms with Crippen LogP contribution in [0.3, 0.4) is 0 Å². The molecule has 18 heavy (non-hydrogen) atoms. The predicted molar refractivity (Wildman–Crippen MR) is 76.2 cm³/mol. The molecular formula is C14H18N2OS. The van der Waals surface area contributed by atoms with Crippen molar-refractivity contribution in [3.8, 4) is 0 Å². The van der Waals surface area contributed by atoms with Crippen LogP contribution in [0.4, 0.5) is 5.13 Å². The molecule has 0 unspecified atom stereocenters. The summed E-state index contributed by atoms with van der Waals surface area (Å²) in [5, 5.41) is 4.35. The van der Waals surface area contributed by atoms with Crippen molar-refractivity contribution in [3.05, 3.63) is 46.5 Å². The quantitative estimate of drug-likeness (QED) is 0.867. The van der Waals surface area contributed by atoms with Gasteiger partial charge in [0.05, 0.1) is 12.3 Å². The first kappa shape index (κ1) is 13.1. The van der Waals surface area contributed by atoms with E-state index in [1.165, 1.54) is 10.4 Å². The van der Waals surface area contributed by atoms with Crippen molar-refractivity contribution in [3.63, 3.8) is 0 Å². The minimum Gasteiger partial charge on any atom is -0.378 e. The molecule has 0 fully saturated rings. The summed E-state index contributed by atoms with van der Waals surface area (Å²) in [6.45, 7) is 3.57. The Kier molecular flexibility index (Phi) is 4.73. The number of thiazole rings is 1. The zero-order valence-corrected chi connectivity index (χ0v) is 11.6. The van der Waals surface area contributed by atoms with Gasteiger partial charge in [0.1, 0.15) is 0 Å².